The zero-order valence-electron chi connectivity index (χ0n) is 20.7. The van der Waals surface area contributed by atoms with Crippen LogP contribution in [0.5, 0.6) is 0 Å². The third-order valence-electron chi connectivity index (χ3n) is 8.18. The fraction of sp³-hybridized carbons (Fsp3) is 0.176. The minimum absolute atomic E-state index is 0.0141. The van der Waals surface area contributed by atoms with Crippen molar-refractivity contribution in [2.24, 2.45) is 0 Å². The Morgan fingerprint density at radius 1 is 0.892 bits per heavy atom. The molecular formula is C34H28N2O. The number of ether oxygens (including phenoxy) is 1. The molecule has 1 N–H and O–H groups in total. The molecule has 2 atom stereocenters. The highest BCUT2D eigenvalue weighted by Gasteiger charge is 2.39. The maximum absolute atomic E-state index is 6.52. The second-order valence-electron chi connectivity index (χ2n) is 10.4. The Hall–Kier alpha value is -4.24. The molecule has 0 spiro atoms. The number of morpholine rings is 1. The van der Waals surface area contributed by atoms with Crippen molar-refractivity contribution in [2.45, 2.75) is 37.8 Å². The zero-order valence-corrected chi connectivity index (χ0v) is 20.7. The van der Waals surface area contributed by atoms with Gasteiger partial charge in [0.2, 0.25) is 0 Å². The lowest BCUT2D eigenvalue weighted by molar-refractivity contribution is 0.0575. The minimum atomic E-state index is 0.0141. The van der Waals surface area contributed by atoms with Crippen LogP contribution in [-0.4, -0.2) is 22.0 Å². The van der Waals surface area contributed by atoms with Crippen molar-refractivity contribution in [1.29, 1.82) is 0 Å². The van der Waals surface area contributed by atoms with E-state index in [1.807, 2.05) is 0 Å². The molecule has 8 rings (SSSR count). The molecule has 2 unspecified atom stereocenters. The maximum Gasteiger partial charge on any atom is 0.141 e. The minimum Gasteiger partial charge on any atom is -0.482 e. The van der Waals surface area contributed by atoms with E-state index in [1.165, 1.54) is 55.1 Å². The largest absolute Gasteiger partial charge is 0.482 e. The van der Waals surface area contributed by atoms with E-state index in [4.69, 9.17) is 4.74 Å². The van der Waals surface area contributed by atoms with E-state index in [0.717, 1.165) is 31.4 Å². The van der Waals surface area contributed by atoms with Crippen molar-refractivity contribution in [3.63, 3.8) is 0 Å². The molecule has 3 nitrogen and oxygen atoms in total. The van der Waals surface area contributed by atoms with E-state index < -0.39 is 0 Å². The quantitative estimate of drug-likeness (QED) is 0.313. The van der Waals surface area contributed by atoms with Crippen LogP contribution in [0.3, 0.4) is 0 Å². The van der Waals surface area contributed by atoms with Gasteiger partial charge in [0.05, 0.1) is 11.7 Å². The van der Waals surface area contributed by atoms with Gasteiger partial charge in [-0.05, 0) is 84.0 Å². The Bertz CT molecular complexity index is 1770. The normalized spacial score (nSPS) is 22.8. The number of fused-ring (bicyclic) bond motifs is 7. The van der Waals surface area contributed by atoms with Crippen LogP contribution in [0, 0.1) is 0 Å². The van der Waals surface area contributed by atoms with Crippen LogP contribution in [0.1, 0.15) is 31.2 Å². The number of nitrogens with zero attached hydrogens (tertiary/aromatic N) is 1. The predicted octanol–water partition coefficient (Wildman–Crippen LogP) is 8.29. The second kappa shape index (κ2) is 8.14. The second-order valence-corrected chi connectivity index (χ2v) is 10.4. The molecule has 3 aliphatic carbocycles. The Balaban J connectivity index is 1.24. The van der Waals surface area contributed by atoms with Crippen LogP contribution in [0.4, 0.5) is 0 Å². The van der Waals surface area contributed by atoms with Gasteiger partial charge in [0.15, 0.2) is 0 Å². The van der Waals surface area contributed by atoms with Crippen molar-refractivity contribution < 1.29 is 4.74 Å². The highest BCUT2D eigenvalue weighted by molar-refractivity contribution is 6.20. The van der Waals surface area contributed by atoms with Crippen LogP contribution >= 0.6 is 0 Å². The molecule has 4 aliphatic rings. The van der Waals surface area contributed by atoms with Crippen molar-refractivity contribution in [3.8, 4) is 0 Å². The number of benzene rings is 3. The van der Waals surface area contributed by atoms with Crippen LogP contribution < -0.4 is 0 Å². The molecule has 0 bridgehead atoms. The van der Waals surface area contributed by atoms with Crippen molar-refractivity contribution >= 4 is 38.2 Å². The Labute approximate surface area is 216 Å². The highest BCUT2D eigenvalue weighted by atomic mass is 16.5. The Kier molecular flexibility index (Phi) is 4.60. The van der Waals surface area contributed by atoms with Crippen LogP contribution in [0.2, 0.25) is 0 Å². The van der Waals surface area contributed by atoms with Crippen LogP contribution in [-0.2, 0) is 4.74 Å². The average molecular weight is 481 g/mol. The molecule has 1 fully saturated rings. The van der Waals surface area contributed by atoms with Gasteiger partial charge in [-0.15, -0.1) is 0 Å². The van der Waals surface area contributed by atoms with E-state index in [9.17, 15) is 0 Å². The van der Waals surface area contributed by atoms with Crippen molar-refractivity contribution in [2.75, 3.05) is 0 Å². The van der Waals surface area contributed by atoms with Gasteiger partial charge in [0, 0.05) is 27.5 Å². The summed E-state index contributed by atoms with van der Waals surface area (Å²) >= 11 is 0. The topological polar surface area (TPSA) is 28.3 Å². The molecular weight excluding hydrogens is 452 g/mol. The van der Waals surface area contributed by atoms with Crippen molar-refractivity contribution in [3.05, 3.63) is 126 Å². The van der Waals surface area contributed by atoms with Gasteiger partial charge < -0.3 is 14.6 Å². The lowest BCUT2D eigenvalue weighted by atomic mass is 9.90. The number of hydrogen-bond donors (Lipinski definition) is 1. The molecule has 1 aliphatic heterocycles. The van der Waals surface area contributed by atoms with E-state index in [2.05, 4.69) is 113 Å². The smallest absolute Gasteiger partial charge is 0.141 e. The van der Waals surface area contributed by atoms with E-state index >= 15 is 0 Å². The summed E-state index contributed by atoms with van der Waals surface area (Å²) in [7, 11) is 0. The summed E-state index contributed by atoms with van der Waals surface area (Å²) < 4.78 is 6.52. The van der Waals surface area contributed by atoms with Crippen molar-refractivity contribution in [1.82, 2.24) is 9.88 Å². The lowest BCUT2D eigenvalue weighted by Crippen LogP contribution is -2.48. The number of nitrogens with one attached hydrogen (secondary N) is 1. The van der Waals surface area contributed by atoms with E-state index in [-0.39, 0.29) is 12.1 Å². The number of hydrogen-bond acceptors (Lipinski definition) is 2. The van der Waals surface area contributed by atoms with Gasteiger partial charge in [-0.1, -0.05) is 66.8 Å². The summed E-state index contributed by atoms with van der Waals surface area (Å²) in [5.41, 5.74) is 7.45. The first-order chi connectivity index (χ1) is 18.3. The van der Waals surface area contributed by atoms with E-state index in [1.54, 1.807) is 0 Å². The van der Waals surface area contributed by atoms with E-state index in [0.29, 0.717) is 0 Å². The van der Waals surface area contributed by atoms with Gasteiger partial charge in [-0.25, -0.2) is 0 Å². The molecule has 1 aromatic heterocycles. The third kappa shape index (κ3) is 3.27. The Morgan fingerprint density at radius 2 is 1.84 bits per heavy atom. The summed E-state index contributed by atoms with van der Waals surface area (Å²) in [5, 5.41) is 5.16. The van der Waals surface area contributed by atoms with Gasteiger partial charge >= 0.3 is 0 Å². The van der Waals surface area contributed by atoms with Gasteiger partial charge in [0.25, 0.3) is 0 Å². The Morgan fingerprint density at radius 3 is 2.78 bits per heavy atom. The average Bonchev–Trinajstić information content (AvgIpc) is 3.34. The number of aromatic nitrogens is 1. The predicted molar refractivity (Wildman–Crippen MR) is 153 cm³/mol. The molecule has 180 valence electrons. The van der Waals surface area contributed by atoms with Gasteiger partial charge in [-0.2, -0.15) is 0 Å². The summed E-state index contributed by atoms with van der Waals surface area (Å²) in [6.45, 7) is 0. The summed E-state index contributed by atoms with van der Waals surface area (Å²) in [5.74, 6) is 1.04. The standard InChI is InChI=1S/C34H28N2O/c1-2-9-25(10-3-1)36-30-12-6-7-13-32(30)37-33-19-16-24(21-31(33)36)23-14-17-27-29(20-23)35-28-18-15-22-8-4-5-11-26(22)34(27)28/h1-2,4-5,8-9,11-21,31,33,35H,3,6-7,10H2. The fourth-order valence-electron chi connectivity index (χ4n) is 6.44. The fourth-order valence-corrected chi connectivity index (χ4v) is 6.44. The summed E-state index contributed by atoms with van der Waals surface area (Å²) in [6, 6.07) is 20.1. The highest BCUT2D eigenvalue weighted by Crippen LogP contribution is 2.42. The van der Waals surface area contributed by atoms with Gasteiger partial charge in [-0.3, -0.25) is 0 Å². The molecule has 4 aromatic rings. The molecule has 0 saturated carbocycles. The molecule has 3 aromatic carbocycles. The molecule has 0 radical (unpaired) electrons. The van der Waals surface area contributed by atoms with Gasteiger partial charge in [0.1, 0.15) is 11.9 Å². The molecule has 3 heteroatoms. The zero-order chi connectivity index (χ0) is 24.3. The molecule has 2 heterocycles. The SMILES string of the molecule is C1=CCCC(N2C3=CCCC=C3OC3C=CC(c4ccc5c(c4)[nH]c4ccc6ccccc6c45)=CC32)=C1. The van der Waals surface area contributed by atoms with Crippen LogP contribution in [0.15, 0.2) is 120 Å². The number of rotatable bonds is 2. The first kappa shape index (κ1) is 20.9. The molecule has 0 amide bonds. The third-order valence-corrected chi connectivity index (χ3v) is 8.18. The monoisotopic (exact) mass is 480 g/mol. The maximum atomic E-state index is 6.52. The number of allylic oxidation sites excluding steroid dienone is 8. The first-order valence-electron chi connectivity index (χ1n) is 13.4. The summed E-state index contributed by atoms with van der Waals surface area (Å²) in [6.07, 6.45) is 22.5. The number of aromatic amines is 1. The first-order valence-corrected chi connectivity index (χ1v) is 13.4. The lowest BCUT2D eigenvalue weighted by Gasteiger charge is -2.46. The molecule has 37 heavy (non-hydrogen) atoms. The van der Waals surface area contributed by atoms with Crippen LogP contribution in [0.25, 0.3) is 38.2 Å². The number of H-pyrrole nitrogens is 1. The summed E-state index contributed by atoms with van der Waals surface area (Å²) in [4.78, 5) is 6.23. The molecule has 1 saturated heterocycles.